The van der Waals surface area contributed by atoms with Crippen molar-refractivity contribution >= 4 is 18.2 Å². The first-order valence-electron chi connectivity index (χ1n) is 7.72. The molecular formula is C21H14N2O. The van der Waals surface area contributed by atoms with Crippen LogP contribution in [0.15, 0.2) is 83.0 Å². The summed E-state index contributed by atoms with van der Waals surface area (Å²) in [4.78, 5) is 10.7. The van der Waals surface area contributed by atoms with E-state index in [2.05, 4.69) is 34.5 Å². The maximum Gasteiger partial charge on any atom is 0.150 e. The third-order valence-electron chi connectivity index (χ3n) is 4.09. The van der Waals surface area contributed by atoms with Gasteiger partial charge in [0.15, 0.2) is 0 Å². The van der Waals surface area contributed by atoms with E-state index in [1.807, 2.05) is 36.4 Å². The maximum atomic E-state index is 10.7. The van der Waals surface area contributed by atoms with Gasteiger partial charge < -0.3 is 0 Å². The number of nitrogens with zero attached hydrogens (tertiary/aromatic N) is 2. The summed E-state index contributed by atoms with van der Waals surface area (Å²) in [7, 11) is 0. The average molecular weight is 310 g/mol. The van der Waals surface area contributed by atoms with Gasteiger partial charge in [-0.3, -0.25) is 4.79 Å². The van der Waals surface area contributed by atoms with Crippen molar-refractivity contribution in [3.63, 3.8) is 0 Å². The van der Waals surface area contributed by atoms with Crippen LogP contribution in [0.3, 0.4) is 0 Å². The first kappa shape index (κ1) is 14.3. The molecule has 0 saturated heterocycles. The van der Waals surface area contributed by atoms with Crippen molar-refractivity contribution in [3.8, 4) is 11.1 Å². The van der Waals surface area contributed by atoms with Crippen molar-refractivity contribution in [1.29, 1.82) is 0 Å². The minimum Gasteiger partial charge on any atom is -0.298 e. The summed E-state index contributed by atoms with van der Waals surface area (Å²) < 4.78 is 0. The predicted molar refractivity (Wildman–Crippen MR) is 96.9 cm³/mol. The molecule has 0 radical (unpaired) electrons. The summed E-state index contributed by atoms with van der Waals surface area (Å²) in [6.45, 7) is 0. The summed E-state index contributed by atoms with van der Waals surface area (Å²) in [5.41, 5.74) is 7.04. The number of hydrogen-bond donors (Lipinski definition) is 0. The van der Waals surface area contributed by atoms with E-state index in [4.69, 9.17) is 0 Å². The highest BCUT2D eigenvalue weighted by molar-refractivity contribution is 6.24. The number of carbonyl (C=O) groups excluding carboxylic acids is 1. The summed E-state index contributed by atoms with van der Waals surface area (Å²) in [6, 6.07) is 23.7. The number of aldehydes is 1. The molecule has 0 fully saturated rings. The molecule has 3 nitrogen and oxygen atoms in total. The minimum absolute atomic E-state index is 0.650. The first-order chi connectivity index (χ1) is 11.9. The van der Waals surface area contributed by atoms with Crippen LogP contribution in [-0.2, 0) is 0 Å². The van der Waals surface area contributed by atoms with Crippen molar-refractivity contribution in [2.75, 3.05) is 0 Å². The highest BCUT2D eigenvalue weighted by atomic mass is 16.1. The lowest BCUT2D eigenvalue weighted by atomic mass is 10.1. The van der Waals surface area contributed by atoms with E-state index in [0.29, 0.717) is 5.56 Å². The Bertz CT molecular complexity index is 922. The standard InChI is InChI=1S/C21H14N2O/c24-14-16-11-9-15(10-12-16)13-22-23-21-19-7-3-1-5-17(19)18-6-2-4-8-20(18)21/h1-14H/b22-13+. The zero-order valence-corrected chi connectivity index (χ0v) is 12.9. The van der Waals surface area contributed by atoms with Crippen LogP contribution in [0.2, 0.25) is 0 Å². The van der Waals surface area contributed by atoms with Crippen LogP contribution in [-0.4, -0.2) is 18.2 Å². The molecule has 114 valence electrons. The molecule has 1 aliphatic carbocycles. The molecule has 0 amide bonds. The van der Waals surface area contributed by atoms with E-state index in [0.717, 1.165) is 28.7 Å². The predicted octanol–water partition coefficient (Wildman–Crippen LogP) is 4.35. The number of benzene rings is 3. The van der Waals surface area contributed by atoms with Gasteiger partial charge in [0.1, 0.15) is 12.0 Å². The zero-order valence-electron chi connectivity index (χ0n) is 12.9. The summed E-state index contributed by atoms with van der Waals surface area (Å²) >= 11 is 0. The molecule has 3 aromatic rings. The van der Waals surface area contributed by atoms with Crippen molar-refractivity contribution in [2.24, 2.45) is 10.2 Å². The Morgan fingerprint density at radius 3 is 1.67 bits per heavy atom. The Morgan fingerprint density at radius 1 is 0.625 bits per heavy atom. The minimum atomic E-state index is 0.650. The smallest absolute Gasteiger partial charge is 0.150 e. The van der Waals surface area contributed by atoms with Crippen molar-refractivity contribution in [1.82, 2.24) is 0 Å². The Balaban J connectivity index is 1.71. The van der Waals surface area contributed by atoms with Gasteiger partial charge in [0, 0.05) is 16.7 Å². The molecule has 0 atom stereocenters. The van der Waals surface area contributed by atoms with E-state index in [1.54, 1.807) is 18.3 Å². The molecule has 0 heterocycles. The van der Waals surface area contributed by atoms with E-state index in [1.165, 1.54) is 11.1 Å². The SMILES string of the molecule is O=Cc1ccc(/C=N/N=C2c3ccccc3-c3ccccc32)cc1. The van der Waals surface area contributed by atoms with Crippen LogP contribution in [0, 0.1) is 0 Å². The summed E-state index contributed by atoms with van der Waals surface area (Å²) in [6.07, 6.45) is 2.53. The molecule has 0 bridgehead atoms. The summed E-state index contributed by atoms with van der Waals surface area (Å²) in [5.74, 6) is 0. The highest BCUT2D eigenvalue weighted by Gasteiger charge is 2.23. The van der Waals surface area contributed by atoms with Crippen LogP contribution in [0.25, 0.3) is 11.1 Å². The quantitative estimate of drug-likeness (QED) is 0.315. The lowest BCUT2D eigenvalue weighted by molar-refractivity contribution is 0.112. The fourth-order valence-electron chi connectivity index (χ4n) is 2.92. The molecule has 0 aromatic heterocycles. The Labute approximate surface area is 140 Å². The largest absolute Gasteiger partial charge is 0.298 e. The van der Waals surface area contributed by atoms with Gasteiger partial charge in [-0.1, -0.05) is 72.8 Å². The second-order valence-electron chi connectivity index (χ2n) is 5.57. The van der Waals surface area contributed by atoms with Crippen LogP contribution in [0.1, 0.15) is 27.0 Å². The molecule has 0 aliphatic heterocycles. The number of rotatable bonds is 3. The normalized spacial score (nSPS) is 12.1. The highest BCUT2D eigenvalue weighted by Crippen LogP contribution is 2.36. The van der Waals surface area contributed by atoms with Gasteiger partial charge >= 0.3 is 0 Å². The molecule has 0 spiro atoms. The molecule has 0 saturated carbocycles. The Hall–Kier alpha value is -3.33. The van der Waals surface area contributed by atoms with E-state index >= 15 is 0 Å². The van der Waals surface area contributed by atoms with E-state index in [-0.39, 0.29) is 0 Å². The monoisotopic (exact) mass is 310 g/mol. The zero-order chi connectivity index (χ0) is 16.4. The van der Waals surface area contributed by atoms with Gasteiger partial charge in [-0.2, -0.15) is 5.10 Å². The van der Waals surface area contributed by atoms with E-state index < -0.39 is 0 Å². The van der Waals surface area contributed by atoms with E-state index in [9.17, 15) is 4.79 Å². The summed E-state index contributed by atoms with van der Waals surface area (Å²) in [5, 5.41) is 8.71. The number of hydrogen-bond acceptors (Lipinski definition) is 3. The molecule has 0 N–H and O–H groups in total. The van der Waals surface area contributed by atoms with Gasteiger partial charge in [-0.25, -0.2) is 0 Å². The lowest BCUT2D eigenvalue weighted by Gasteiger charge is -1.98. The van der Waals surface area contributed by atoms with Crippen LogP contribution >= 0.6 is 0 Å². The Kier molecular flexibility index (Phi) is 3.60. The fourth-order valence-corrected chi connectivity index (χ4v) is 2.92. The van der Waals surface area contributed by atoms with Gasteiger partial charge in [-0.05, 0) is 16.7 Å². The van der Waals surface area contributed by atoms with Crippen LogP contribution in [0.5, 0.6) is 0 Å². The third-order valence-corrected chi connectivity index (χ3v) is 4.09. The molecule has 1 aliphatic rings. The van der Waals surface area contributed by atoms with Gasteiger partial charge in [0.2, 0.25) is 0 Å². The number of carbonyl (C=O) groups is 1. The Morgan fingerprint density at radius 2 is 1.12 bits per heavy atom. The molecular weight excluding hydrogens is 296 g/mol. The molecule has 24 heavy (non-hydrogen) atoms. The van der Waals surface area contributed by atoms with Gasteiger partial charge in [-0.15, -0.1) is 5.10 Å². The van der Waals surface area contributed by atoms with Crippen molar-refractivity contribution in [2.45, 2.75) is 0 Å². The van der Waals surface area contributed by atoms with Gasteiger partial charge in [0.05, 0.1) is 6.21 Å². The lowest BCUT2D eigenvalue weighted by Crippen LogP contribution is -1.97. The second-order valence-corrected chi connectivity index (χ2v) is 5.57. The molecule has 3 heteroatoms. The molecule has 3 aromatic carbocycles. The van der Waals surface area contributed by atoms with Crippen molar-refractivity contribution in [3.05, 3.63) is 95.1 Å². The first-order valence-corrected chi connectivity index (χ1v) is 7.72. The van der Waals surface area contributed by atoms with Crippen LogP contribution in [0.4, 0.5) is 0 Å². The number of fused-ring (bicyclic) bond motifs is 3. The van der Waals surface area contributed by atoms with Gasteiger partial charge in [0.25, 0.3) is 0 Å². The maximum absolute atomic E-state index is 10.7. The molecule has 4 rings (SSSR count). The fraction of sp³-hybridized carbons (Fsp3) is 0. The third kappa shape index (κ3) is 2.46. The van der Waals surface area contributed by atoms with Crippen LogP contribution < -0.4 is 0 Å². The topological polar surface area (TPSA) is 41.8 Å². The molecule has 0 unspecified atom stereocenters. The van der Waals surface area contributed by atoms with Crippen molar-refractivity contribution < 1.29 is 4.79 Å². The average Bonchev–Trinajstić information content (AvgIpc) is 2.97. The second kappa shape index (κ2) is 6.05.